The Morgan fingerprint density at radius 1 is 0.720 bits per heavy atom. The maximum absolute atomic E-state index is 4.87. The number of rotatable bonds is 4. The molecular formula is C23H22N2. The molecule has 4 aromatic rings. The van der Waals surface area contributed by atoms with Crippen molar-refractivity contribution in [3.8, 4) is 11.1 Å². The fourth-order valence-electron chi connectivity index (χ4n) is 3.58. The minimum absolute atomic E-state index is 0.999. The number of aromatic nitrogens is 1. The summed E-state index contributed by atoms with van der Waals surface area (Å²) in [5.41, 5.74) is 5.90. The van der Waals surface area contributed by atoms with E-state index in [4.69, 9.17) is 4.98 Å². The number of benzene rings is 3. The lowest BCUT2D eigenvalue weighted by Crippen LogP contribution is -2.22. The van der Waals surface area contributed by atoms with Crippen molar-refractivity contribution in [1.29, 1.82) is 0 Å². The van der Waals surface area contributed by atoms with Crippen molar-refractivity contribution < 1.29 is 0 Å². The summed E-state index contributed by atoms with van der Waals surface area (Å²) in [6.45, 7) is 6.41. The first-order chi connectivity index (χ1) is 12.3. The SMILES string of the molecule is CCN(CC)c1ccccc1-c1cccc2nc3ccccc3cc12. The minimum atomic E-state index is 0.999. The second kappa shape index (κ2) is 6.56. The summed E-state index contributed by atoms with van der Waals surface area (Å²) in [5, 5.41) is 2.39. The maximum Gasteiger partial charge on any atom is 0.0715 e. The summed E-state index contributed by atoms with van der Waals surface area (Å²) in [6, 6.07) is 25.7. The molecular weight excluding hydrogens is 304 g/mol. The van der Waals surface area contributed by atoms with Crippen molar-refractivity contribution in [2.75, 3.05) is 18.0 Å². The van der Waals surface area contributed by atoms with E-state index in [1.54, 1.807) is 0 Å². The smallest absolute Gasteiger partial charge is 0.0715 e. The van der Waals surface area contributed by atoms with Gasteiger partial charge in [0, 0.05) is 35.1 Å². The van der Waals surface area contributed by atoms with E-state index in [-0.39, 0.29) is 0 Å². The first kappa shape index (κ1) is 15.6. The van der Waals surface area contributed by atoms with E-state index in [0.29, 0.717) is 0 Å². The molecule has 0 amide bonds. The van der Waals surface area contributed by atoms with Gasteiger partial charge in [-0.15, -0.1) is 0 Å². The molecule has 0 atom stereocenters. The van der Waals surface area contributed by atoms with Crippen molar-refractivity contribution >= 4 is 27.5 Å². The van der Waals surface area contributed by atoms with Crippen LogP contribution < -0.4 is 4.90 Å². The molecule has 25 heavy (non-hydrogen) atoms. The van der Waals surface area contributed by atoms with Gasteiger partial charge in [-0.05, 0) is 43.7 Å². The third-order valence-corrected chi connectivity index (χ3v) is 4.86. The first-order valence-corrected chi connectivity index (χ1v) is 8.94. The Labute approximate surface area is 148 Å². The van der Waals surface area contributed by atoms with Crippen LogP contribution >= 0.6 is 0 Å². The monoisotopic (exact) mass is 326 g/mol. The average Bonchev–Trinajstić information content (AvgIpc) is 2.67. The van der Waals surface area contributed by atoms with Gasteiger partial charge in [-0.2, -0.15) is 0 Å². The molecule has 0 radical (unpaired) electrons. The van der Waals surface area contributed by atoms with E-state index in [1.807, 2.05) is 6.07 Å². The van der Waals surface area contributed by atoms with Crippen LogP contribution in [-0.2, 0) is 0 Å². The second-order valence-electron chi connectivity index (χ2n) is 6.24. The first-order valence-electron chi connectivity index (χ1n) is 8.94. The van der Waals surface area contributed by atoms with E-state index in [0.717, 1.165) is 24.1 Å². The van der Waals surface area contributed by atoms with Gasteiger partial charge in [0.05, 0.1) is 11.0 Å². The molecule has 0 aliphatic heterocycles. The Morgan fingerprint density at radius 2 is 1.40 bits per heavy atom. The van der Waals surface area contributed by atoms with Gasteiger partial charge in [-0.3, -0.25) is 0 Å². The molecule has 0 N–H and O–H groups in total. The van der Waals surface area contributed by atoms with Crippen LogP contribution in [0.1, 0.15) is 13.8 Å². The lowest BCUT2D eigenvalue weighted by atomic mass is 9.97. The molecule has 4 rings (SSSR count). The molecule has 0 bridgehead atoms. The van der Waals surface area contributed by atoms with Gasteiger partial charge < -0.3 is 4.90 Å². The van der Waals surface area contributed by atoms with Crippen LogP contribution in [0.5, 0.6) is 0 Å². The molecule has 0 spiro atoms. The van der Waals surface area contributed by atoms with E-state index in [1.165, 1.54) is 27.6 Å². The summed E-state index contributed by atoms with van der Waals surface area (Å²) >= 11 is 0. The van der Waals surface area contributed by atoms with Crippen molar-refractivity contribution in [2.45, 2.75) is 13.8 Å². The zero-order valence-electron chi connectivity index (χ0n) is 14.7. The van der Waals surface area contributed by atoms with Crippen molar-refractivity contribution in [2.24, 2.45) is 0 Å². The van der Waals surface area contributed by atoms with Gasteiger partial charge in [-0.1, -0.05) is 48.5 Å². The van der Waals surface area contributed by atoms with Gasteiger partial charge in [0.25, 0.3) is 0 Å². The predicted molar refractivity (Wildman–Crippen MR) is 108 cm³/mol. The zero-order valence-corrected chi connectivity index (χ0v) is 14.7. The number of fused-ring (bicyclic) bond motifs is 2. The van der Waals surface area contributed by atoms with Crippen LogP contribution in [0.3, 0.4) is 0 Å². The molecule has 1 heterocycles. The molecule has 124 valence electrons. The fraction of sp³-hybridized carbons (Fsp3) is 0.174. The standard InChI is InChI=1S/C23H22N2/c1-3-25(4-2)23-15-8-6-11-19(23)18-12-9-14-22-20(18)16-17-10-5-7-13-21(17)24-22/h5-16H,3-4H2,1-2H3. The molecule has 3 aromatic carbocycles. The molecule has 0 saturated heterocycles. The molecule has 1 aromatic heterocycles. The highest BCUT2D eigenvalue weighted by molar-refractivity contribution is 6.03. The summed E-state index contributed by atoms with van der Waals surface area (Å²) in [5.74, 6) is 0. The normalized spacial score (nSPS) is 11.1. The lowest BCUT2D eigenvalue weighted by Gasteiger charge is -2.24. The molecule has 0 saturated carbocycles. The third kappa shape index (κ3) is 2.74. The van der Waals surface area contributed by atoms with Crippen LogP contribution in [0.25, 0.3) is 32.9 Å². The number of hydrogen-bond acceptors (Lipinski definition) is 2. The van der Waals surface area contributed by atoms with Crippen LogP contribution in [0, 0.1) is 0 Å². The van der Waals surface area contributed by atoms with Gasteiger partial charge in [0.1, 0.15) is 0 Å². The van der Waals surface area contributed by atoms with E-state index in [9.17, 15) is 0 Å². The highest BCUT2D eigenvalue weighted by Crippen LogP contribution is 2.36. The van der Waals surface area contributed by atoms with Crippen molar-refractivity contribution in [3.05, 3.63) is 72.8 Å². The Morgan fingerprint density at radius 3 is 2.24 bits per heavy atom. The summed E-state index contributed by atoms with van der Waals surface area (Å²) in [6.07, 6.45) is 0. The molecule has 0 fully saturated rings. The molecule has 0 aliphatic rings. The molecule has 2 heteroatoms. The summed E-state index contributed by atoms with van der Waals surface area (Å²) in [4.78, 5) is 7.27. The zero-order chi connectivity index (χ0) is 17.2. The number of anilines is 1. The molecule has 2 nitrogen and oxygen atoms in total. The Bertz CT molecular complexity index is 1030. The Balaban J connectivity index is 2.00. The highest BCUT2D eigenvalue weighted by Gasteiger charge is 2.13. The third-order valence-electron chi connectivity index (χ3n) is 4.86. The topological polar surface area (TPSA) is 16.1 Å². The van der Waals surface area contributed by atoms with Gasteiger partial charge in [0.15, 0.2) is 0 Å². The summed E-state index contributed by atoms with van der Waals surface area (Å²) in [7, 11) is 0. The van der Waals surface area contributed by atoms with E-state index in [2.05, 4.69) is 85.5 Å². The lowest BCUT2D eigenvalue weighted by molar-refractivity contribution is 0.867. The van der Waals surface area contributed by atoms with Gasteiger partial charge >= 0.3 is 0 Å². The van der Waals surface area contributed by atoms with Crippen molar-refractivity contribution in [1.82, 2.24) is 4.98 Å². The van der Waals surface area contributed by atoms with Crippen LogP contribution in [-0.4, -0.2) is 18.1 Å². The number of para-hydroxylation sites is 2. The van der Waals surface area contributed by atoms with E-state index < -0.39 is 0 Å². The van der Waals surface area contributed by atoms with Crippen molar-refractivity contribution in [3.63, 3.8) is 0 Å². The van der Waals surface area contributed by atoms with Gasteiger partial charge in [0.2, 0.25) is 0 Å². The average molecular weight is 326 g/mol. The van der Waals surface area contributed by atoms with Crippen LogP contribution in [0.4, 0.5) is 5.69 Å². The Kier molecular flexibility index (Phi) is 4.10. The fourth-order valence-corrected chi connectivity index (χ4v) is 3.58. The molecule has 0 unspecified atom stereocenters. The largest absolute Gasteiger partial charge is 0.372 e. The predicted octanol–water partition coefficient (Wildman–Crippen LogP) is 5.90. The number of hydrogen-bond donors (Lipinski definition) is 0. The maximum atomic E-state index is 4.87. The number of nitrogens with zero attached hydrogens (tertiary/aromatic N) is 2. The highest BCUT2D eigenvalue weighted by atomic mass is 15.1. The minimum Gasteiger partial charge on any atom is -0.372 e. The van der Waals surface area contributed by atoms with Crippen LogP contribution in [0.2, 0.25) is 0 Å². The Hall–Kier alpha value is -2.87. The van der Waals surface area contributed by atoms with Crippen LogP contribution in [0.15, 0.2) is 72.8 Å². The van der Waals surface area contributed by atoms with E-state index >= 15 is 0 Å². The molecule has 0 aliphatic carbocycles. The quantitative estimate of drug-likeness (QED) is 0.434. The number of pyridine rings is 1. The summed E-state index contributed by atoms with van der Waals surface area (Å²) < 4.78 is 0. The second-order valence-corrected chi connectivity index (χ2v) is 6.24. The van der Waals surface area contributed by atoms with Gasteiger partial charge in [-0.25, -0.2) is 4.98 Å².